The number of aromatic nitrogens is 2. The zero-order valence-corrected chi connectivity index (χ0v) is 33.8. The van der Waals surface area contributed by atoms with Crippen LogP contribution in [0.25, 0.3) is 5.57 Å². The van der Waals surface area contributed by atoms with Crippen LogP contribution in [0.15, 0.2) is 42.6 Å². The van der Waals surface area contributed by atoms with Crippen LogP contribution in [0.1, 0.15) is 69.1 Å². The van der Waals surface area contributed by atoms with Crippen LogP contribution in [0.5, 0.6) is 0 Å². The van der Waals surface area contributed by atoms with Crippen molar-refractivity contribution in [2.75, 3.05) is 68.5 Å². The largest absolute Gasteiger partial charge is 0.465 e. The van der Waals surface area contributed by atoms with Crippen molar-refractivity contribution in [2.24, 2.45) is 5.92 Å². The van der Waals surface area contributed by atoms with Crippen LogP contribution < -0.4 is 14.3 Å². The van der Waals surface area contributed by atoms with E-state index in [2.05, 4.69) is 19.4 Å². The molecule has 0 bridgehead atoms. The van der Waals surface area contributed by atoms with E-state index in [1.807, 2.05) is 39.5 Å². The molecule has 2 aromatic rings. The van der Waals surface area contributed by atoms with Crippen molar-refractivity contribution in [3.8, 4) is 0 Å². The quantitative estimate of drug-likeness (QED) is 0.263. The first-order valence-corrected chi connectivity index (χ1v) is 21.4. The Morgan fingerprint density at radius 2 is 1.66 bits per heavy atom. The molecule has 18 heteroatoms. The predicted molar refractivity (Wildman–Crippen MR) is 205 cm³/mol. The number of methoxy groups -OCH3 is 1. The molecule has 1 aliphatic carbocycles. The summed E-state index contributed by atoms with van der Waals surface area (Å²) in [6.07, 6.45) is 3.65. The van der Waals surface area contributed by atoms with Crippen LogP contribution in [-0.2, 0) is 31.3 Å². The number of halogens is 3. The summed E-state index contributed by atoms with van der Waals surface area (Å²) in [6, 6.07) is 4.76. The average molecular weight is 795 g/mol. The number of benzene rings is 1. The lowest BCUT2D eigenvalue weighted by atomic mass is 10.0. The van der Waals surface area contributed by atoms with Crippen molar-refractivity contribution >= 4 is 43.0 Å². The number of alkyl halides is 3. The lowest BCUT2D eigenvalue weighted by Crippen LogP contribution is -2.49. The van der Waals surface area contributed by atoms with Gasteiger partial charge < -0.3 is 14.7 Å². The number of aliphatic hydroxyl groups excluding tert-OH is 1. The summed E-state index contributed by atoms with van der Waals surface area (Å²) in [7, 11) is -5.26. The van der Waals surface area contributed by atoms with E-state index in [1.54, 1.807) is 42.1 Å². The zero-order valence-electron chi connectivity index (χ0n) is 32.2. The second-order valence-electron chi connectivity index (χ2n) is 11.9. The Morgan fingerprint density at radius 3 is 2.17 bits per heavy atom. The van der Waals surface area contributed by atoms with Gasteiger partial charge in [0.25, 0.3) is 0 Å². The lowest BCUT2D eigenvalue weighted by Gasteiger charge is -2.38. The molecule has 2 aliphatic rings. The monoisotopic (exact) mass is 794 g/mol. The van der Waals surface area contributed by atoms with Gasteiger partial charge >= 0.3 is 12.1 Å². The fourth-order valence-electron chi connectivity index (χ4n) is 5.58. The van der Waals surface area contributed by atoms with E-state index < -0.39 is 44.2 Å². The smallest absolute Gasteiger partial charge is 0.395 e. The molecular weight excluding hydrogens is 738 g/mol. The van der Waals surface area contributed by atoms with E-state index in [0.717, 1.165) is 18.1 Å². The summed E-state index contributed by atoms with van der Waals surface area (Å²) in [5, 5.41) is 15.4. The highest BCUT2D eigenvalue weighted by Crippen LogP contribution is 2.35. The summed E-state index contributed by atoms with van der Waals surface area (Å²) >= 11 is 0. The number of rotatable bonds is 11. The van der Waals surface area contributed by atoms with E-state index in [1.165, 1.54) is 19.3 Å². The number of sulfonamides is 2. The molecule has 2 unspecified atom stereocenters. The molecule has 2 atom stereocenters. The van der Waals surface area contributed by atoms with Crippen LogP contribution in [0.3, 0.4) is 0 Å². The van der Waals surface area contributed by atoms with Gasteiger partial charge in [-0.1, -0.05) is 58.9 Å². The Kier molecular flexibility index (Phi) is 19.8. The standard InChI is InChI=1S/C28H36F3N5O5S.C3H9NO2S.2C2H6/c1-19-16-36(32-25(19)20-6-4-7-21(11-10-20)28(29,30)31)18-22(37)17-34-12-14-35(15-13-34)26-23(27(38)41-2)8-5-9-24(26)33-42(3,39)40;1-3-4-7(2,5)6;2*1-2/h5-6,8-11,16,21-22,33,37H,4,7,12-15,17-18H2,1-3H3;4H,3H2,1-2H3;2*1-2H3. The number of carbonyl (C=O) groups is 1. The van der Waals surface area contributed by atoms with Gasteiger partial charge in [0, 0.05) is 45.5 Å². The highest BCUT2D eigenvalue weighted by atomic mass is 32.2. The number of nitrogens with zero attached hydrogens (tertiary/aromatic N) is 4. The first-order valence-electron chi connectivity index (χ1n) is 17.6. The van der Waals surface area contributed by atoms with E-state index in [-0.39, 0.29) is 24.2 Å². The molecule has 0 radical (unpaired) electrons. The number of β-amino-alcohol motifs (C(OH)–C–C–N with tert-alkyl or cyclic N) is 1. The summed E-state index contributed by atoms with van der Waals surface area (Å²) in [6.45, 7) is 14.7. The minimum atomic E-state index is -4.27. The number of allylic oxidation sites excluding steroid dienone is 4. The number of anilines is 2. The average Bonchev–Trinajstić information content (AvgIpc) is 3.26. The predicted octanol–water partition coefficient (Wildman–Crippen LogP) is 5.05. The van der Waals surface area contributed by atoms with Crippen LogP contribution in [0.4, 0.5) is 24.5 Å². The number of esters is 1. The Bertz CT molecular complexity index is 1720. The number of hydrogen-bond acceptors (Lipinski definition) is 10. The SMILES string of the molecule is CC.CC.CCNS(C)(=O)=O.COC(=O)c1cccc(NS(C)(=O)=O)c1N1CCN(CC(O)Cn2cc(C)c(C3=CCCC(C(F)(F)F)C=C3)n2)CC1. The van der Waals surface area contributed by atoms with Gasteiger partial charge in [-0.05, 0) is 43.0 Å². The van der Waals surface area contributed by atoms with Gasteiger partial charge in [-0.3, -0.25) is 14.3 Å². The summed E-state index contributed by atoms with van der Waals surface area (Å²) in [4.78, 5) is 16.4. The molecule has 3 N–H and O–H groups in total. The number of hydrogen-bond donors (Lipinski definition) is 3. The molecule has 0 amide bonds. The Morgan fingerprint density at radius 1 is 1.04 bits per heavy atom. The first-order chi connectivity index (χ1) is 24.8. The number of aliphatic hydroxyl groups is 1. The van der Waals surface area contributed by atoms with E-state index in [9.17, 15) is 39.9 Å². The van der Waals surface area contributed by atoms with Gasteiger partial charge in [-0.2, -0.15) is 18.3 Å². The molecule has 1 aliphatic heterocycles. The molecule has 53 heavy (non-hydrogen) atoms. The lowest BCUT2D eigenvalue weighted by molar-refractivity contribution is -0.162. The van der Waals surface area contributed by atoms with E-state index in [0.29, 0.717) is 62.6 Å². The Hall–Kier alpha value is -3.45. The van der Waals surface area contributed by atoms with Crippen molar-refractivity contribution in [3.63, 3.8) is 0 Å². The third kappa shape index (κ3) is 16.2. The van der Waals surface area contributed by atoms with Crippen molar-refractivity contribution in [1.29, 1.82) is 0 Å². The molecule has 4 rings (SSSR count). The molecule has 302 valence electrons. The maximum atomic E-state index is 13.1. The normalized spacial score (nSPS) is 17.0. The van der Waals surface area contributed by atoms with Crippen LogP contribution in [-0.4, -0.2) is 114 Å². The highest BCUT2D eigenvalue weighted by molar-refractivity contribution is 7.92. The molecule has 1 saturated heterocycles. The zero-order chi connectivity index (χ0) is 40.6. The molecule has 1 aromatic heterocycles. The second-order valence-corrected chi connectivity index (χ2v) is 15.5. The first kappa shape index (κ1) is 47.6. The molecular formula is C35H57F3N6O7S2. The molecule has 1 fully saturated rings. The molecule has 0 saturated carbocycles. The van der Waals surface area contributed by atoms with Gasteiger partial charge in [0.1, 0.15) is 0 Å². The summed E-state index contributed by atoms with van der Waals surface area (Å²) in [5.74, 6) is -2.06. The van der Waals surface area contributed by atoms with Gasteiger partial charge in [-0.25, -0.2) is 26.4 Å². The highest BCUT2D eigenvalue weighted by Gasteiger charge is 2.37. The van der Waals surface area contributed by atoms with Gasteiger partial charge in [0.2, 0.25) is 20.0 Å². The minimum Gasteiger partial charge on any atom is -0.465 e. The fourth-order valence-corrected chi connectivity index (χ4v) is 6.67. The van der Waals surface area contributed by atoms with Crippen LogP contribution >= 0.6 is 0 Å². The second kappa shape index (κ2) is 22.1. The third-order valence-corrected chi connectivity index (χ3v) is 9.09. The third-order valence-electron chi connectivity index (χ3n) is 7.69. The van der Waals surface area contributed by atoms with E-state index >= 15 is 0 Å². The number of carbonyl (C=O) groups excluding carboxylic acids is 1. The van der Waals surface area contributed by atoms with Crippen molar-refractivity contribution in [2.45, 2.75) is 73.2 Å². The van der Waals surface area contributed by atoms with E-state index in [4.69, 9.17) is 4.74 Å². The number of para-hydroxylation sites is 1. The van der Waals surface area contributed by atoms with Gasteiger partial charge in [0.05, 0.1) is 60.8 Å². The topological polar surface area (TPSA) is 163 Å². The maximum Gasteiger partial charge on any atom is 0.395 e. The number of nitrogens with one attached hydrogen (secondary N) is 2. The fraction of sp³-hybridized carbons (Fsp3) is 0.600. The van der Waals surface area contributed by atoms with Crippen molar-refractivity contribution in [3.05, 3.63) is 59.4 Å². The number of aryl methyl sites for hydroxylation is 1. The van der Waals surface area contributed by atoms with Crippen LogP contribution in [0.2, 0.25) is 0 Å². The van der Waals surface area contributed by atoms with Gasteiger partial charge in [-0.15, -0.1) is 0 Å². The van der Waals surface area contributed by atoms with Crippen molar-refractivity contribution < 1.29 is 44.6 Å². The van der Waals surface area contributed by atoms with Gasteiger partial charge in [0.15, 0.2) is 0 Å². The Labute approximate surface area is 313 Å². The number of ether oxygens (including phenoxy) is 1. The molecule has 0 spiro atoms. The summed E-state index contributed by atoms with van der Waals surface area (Å²) in [5.41, 5.74) is 3.01. The van der Waals surface area contributed by atoms with Crippen molar-refractivity contribution in [1.82, 2.24) is 19.4 Å². The van der Waals surface area contributed by atoms with Crippen LogP contribution in [0, 0.1) is 12.8 Å². The summed E-state index contributed by atoms with van der Waals surface area (Å²) < 4.78 is 94.8. The molecule has 2 heterocycles. The minimum absolute atomic E-state index is 0.000956. The molecule has 1 aromatic carbocycles. The Balaban J connectivity index is 0.00000113. The number of piperazine rings is 1. The molecule has 13 nitrogen and oxygen atoms in total. The maximum absolute atomic E-state index is 13.1.